The van der Waals surface area contributed by atoms with Crippen LogP contribution in [0, 0.1) is 5.41 Å². The van der Waals surface area contributed by atoms with Crippen molar-refractivity contribution in [1.29, 1.82) is 0 Å². The molecular formula is C12H13BrF3N. The van der Waals surface area contributed by atoms with E-state index in [1.807, 2.05) is 0 Å². The fraction of sp³-hybridized carbons (Fsp3) is 0.500. The predicted molar refractivity (Wildman–Crippen MR) is 65.0 cm³/mol. The third-order valence-corrected chi connectivity index (χ3v) is 3.76. The van der Waals surface area contributed by atoms with Crippen LogP contribution in [-0.2, 0) is 6.18 Å². The van der Waals surface area contributed by atoms with Crippen molar-refractivity contribution in [3.63, 3.8) is 0 Å². The molecule has 0 atom stereocenters. The van der Waals surface area contributed by atoms with E-state index in [2.05, 4.69) is 28.2 Å². The van der Waals surface area contributed by atoms with Crippen LogP contribution in [0.15, 0.2) is 22.7 Å². The van der Waals surface area contributed by atoms with E-state index in [1.165, 1.54) is 18.9 Å². The van der Waals surface area contributed by atoms with Crippen LogP contribution in [0.25, 0.3) is 0 Å². The minimum Gasteiger partial charge on any atom is -0.384 e. The molecule has 17 heavy (non-hydrogen) atoms. The normalized spacial score (nSPS) is 17.9. The quantitative estimate of drug-likeness (QED) is 0.855. The van der Waals surface area contributed by atoms with Crippen molar-refractivity contribution >= 4 is 21.6 Å². The molecule has 1 N–H and O–H groups in total. The van der Waals surface area contributed by atoms with Crippen LogP contribution < -0.4 is 5.32 Å². The lowest BCUT2D eigenvalue weighted by atomic mass is 10.1. The lowest BCUT2D eigenvalue weighted by Crippen LogP contribution is -2.12. The zero-order valence-electron chi connectivity index (χ0n) is 9.37. The summed E-state index contributed by atoms with van der Waals surface area (Å²) >= 11 is 3.17. The van der Waals surface area contributed by atoms with Crippen LogP contribution in [0.3, 0.4) is 0 Å². The lowest BCUT2D eigenvalue weighted by molar-refractivity contribution is -0.137. The second kappa shape index (κ2) is 4.19. The highest BCUT2D eigenvalue weighted by Gasteiger charge is 2.37. The Balaban J connectivity index is 2.09. The molecule has 0 heterocycles. The van der Waals surface area contributed by atoms with E-state index in [0.717, 1.165) is 18.7 Å². The van der Waals surface area contributed by atoms with Crippen LogP contribution in [-0.4, -0.2) is 6.54 Å². The van der Waals surface area contributed by atoms with Crippen LogP contribution >= 0.6 is 15.9 Å². The SMILES string of the molecule is CC1(CNc2ccc(C(F)(F)F)cc2Br)CC1. The van der Waals surface area contributed by atoms with Gasteiger partial charge >= 0.3 is 6.18 Å². The molecule has 1 aliphatic rings. The van der Waals surface area contributed by atoms with Crippen LogP contribution in [0.4, 0.5) is 18.9 Å². The Morgan fingerprint density at radius 1 is 1.35 bits per heavy atom. The number of rotatable bonds is 3. The van der Waals surface area contributed by atoms with Crippen molar-refractivity contribution in [1.82, 2.24) is 0 Å². The Morgan fingerprint density at radius 2 is 2.00 bits per heavy atom. The summed E-state index contributed by atoms with van der Waals surface area (Å²) in [6, 6.07) is 3.68. The van der Waals surface area contributed by atoms with Crippen molar-refractivity contribution in [2.75, 3.05) is 11.9 Å². The first-order valence-corrected chi connectivity index (χ1v) is 6.20. The number of halogens is 4. The van der Waals surface area contributed by atoms with Gasteiger partial charge in [-0.25, -0.2) is 0 Å². The van der Waals surface area contributed by atoms with Crippen molar-refractivity contribution < 1.29 is 13.2 Å². The van der Waals surface area contributed by atoms with Gasteiger partial charge in [-0.3, -0.25) is 0 Å². The third-order valence-electron chi connectivity index (χ3n) is 3.11. The summed E-state index contributed by atoms with van der Waals surface area (Å²) in [4.78, 5) is 0. The number of hydrogen-bond acceptors (Lipinski definition) is 1. The molecule has 0 radical (unpaired) electrons. The van der Waals surface area contributed by atoms with Gasteiger partial charge in [-0.2, -0.15) is 13.2 Å². The molecule has 94 valence electrons. The number of nitrogens with one attached hydrogen (secondary N) is 1. The highest BCUT2D eigenvalue weighted by Crippen LogP contribution is 2.45. The van der Waals surface area contributed by atoms with E-state index < -0.39 is 11.7 Å². The molecule has 0 aromatic heterocycles. The molecule has 0 amide bonds. The van der Waals surface area contributed by atoms with E-state index in [-0.39, 0.29) is 0 Å². The van der Waals surface area contributed by atoms with E-state index in [4.69, 9.17) is 0 Å². The van der Waals surface area contributed by atoms with Gasteiger partial charge in [-0.15, -0.1) is 0 Å². The maximum absolute atomic E-state index is 12.4. The molecule has 1 fully saturated rings. The van der Waals surface area contributed by atoms with E-state index in [0.29, 0.717) is 15.6 Å². The molecule has 1 aromatic rings. The number of alkyl halides is 3. The molecule has 1 aromatic carbocycles. The van der Waals surface area contributed by atoms with Gasteiger partial charge in [0.2, 0.25) is 0 Å². The highest BCUT2D eigenvalue weighted by atomic mass is 79.9. The maximum Gasteiger partial charge on any atom is 0.416 e. The summed E-state index contributed by atoms with van der Waals surface area (Å²) in [5.74, 6) is 0. The molecule has 1 saturated carbocycles. The second-order valence-electron chi connectivity index (χ2n) is 4.86. The van der Waals surface area contributed by atoms with Gasteiger partial charge in [0.25, 0.3) is 0 Å². The topological polar surface area (TPSA) is 12.0 Å². The lowest BCUT2D eigenvalue weighted by Gasteiger charge is -2.14. The van der Waals surface area contributed by atoms with Gasteiger partial charge in [-0.1, -0.05) is 6.92 Å². The van der Waals surface area contributed by atoms with Gasteiger partial charge in [0.05, 0.1) is 5.56 Å². The fourth-order valence-corrected chi connectivity index (χ4v) is 2.05. The van der Waals surface area contributed by atoms with Crippen molar-refractivity contribution in [3.05, 3.63) is 28.2 Å². The molecule has 0 aliphatic heterocycles. The number of benzene rings is 1. The maximum atomic E-state index is 12.4. The van der Waals surface area contributed by atoms with Gasteiger partial charge < -0.3 is 5.32 Å². The molecular weight excluding hydrogens is 295 g/mol. The summed E-state index contributed by atoms with van der Waals surface area (Å²) < 4.78 is 37.8. The highest BCUT2D eigenvalue weighted by molar-refractivity contribution is 9.10. The minimum absolute atomic E-state index is 0.322. The first kappa shape index (κ1) is 12.7. The smallest absolute Gasteiger partial charge is 0.384 e. The Bertz CT molecular complexity index is 424. The van der Waals surface area contributed by atoms with E-state index in [9.17, 15) is 13.2 Å². The summed E-state index contributed by atoms with van der Waals surface area (Å²) in [6.45, 7) is 2.97. The standard InChI is InChI=1S/C12H13BrF3N/c1-11(4-5-11)7-17-10-3-2-8(6-9(10)13)12(14,15)16/h2-3,6,17H,4-5,7H2,1H3. The summed E-state index contributed by atoms with van der Waals surface area (Å²) in [7, 11) is 0. The molecule has 1 aliphatic carbocycles. The minimum atomic E-state index is -4.29. The zero-order valence-corrected chi connectivity index (χ0v) is 11.0. The Hall–Kier alpha value is -0.710. The monoisotopic (exact) mass is 307 g/mol. The Labute approximate surface area is 107 Å². The van der Waals surface area contributed by atoms with Gasteiger partial charge in [0.1, 0.15) is 0 Å². The van der Waals surface area contributed by atoms with E-state index in [1.54, 1.807) is 0 Å². The average molecular weight is 308 g/mol. The molecule has 0 spiro atoms. The molecule has 0 unspecified atom stereocenters. The first-order chi connectivity index (χ1) is 7.80. The molecule has 5 heteroatoms. The summed E-state index contributed by atoms with van der Waals surface area (Å²) in [6.07, 6.45) is -1.93. The van der Waals surface area contributed by atoms with Gasteiger partial charge in [0, 0.05) is 16.7 Å². The predicted octanol–water partition coefficient (Wildman–Crippen LogP) is 4.68. The Morgan fingerprint density at radius 3 is 2.47 bits per heavy atom. The van der Waals surface area contributed by atoms with Crippen molar-refractivity contribution in [2.24, 2.45) is 5.41 Å². The molecule has 0 saturated heterocycles. The van der Waals surface area contributed by atoms with Crippen LogP contribution in [0.1, 0.15) is 25.3 Å². The van der Waals surface area contributed by atoms with E-state index >= 15 is 0 Å². The van der Waals surface area contributed by atoms with Gasteiger partial charge in [-0.05, 0) is 52.4 Å². The number of hydrogen-bond donors (Lipinski definition) is 1. The second-order valence-corrected chi connectivity index (χ2v) is 5.71. The molecule has 2 rings (SSSR count). The van der Waals surface area contributed by atoms with Gasteiger partial charge in [0.15, 0.2) is 0 Å². The molecule has 0 bridgehead atoms. The molecule has 1 nitrogen and oxygen atoms in total. The average Bonchev–Trinajstić information content (AvgIpc) is 2.94. The van der Waals surface area contributed by atoms with Crippen LogP contribution in [0.5, 0.6) is 0 Å². The van der Waals surface area contributed by atoms with Crippen molar-refractivity contribution in [3.8, 4) is 0 Å². The summed E-state index contributed by atoms with van der Waals surface area (Å²) in [5, 5.41) is 3.18. The third kappa shape index (κ3) is 3.15. The fourth-order valence-electron chi connectivity index (χ4n) is 1.53. The zero-order chi connectivity index (χ0) is 12.7. The Kier molecular flexibility index (Phi) is 3.14. The van der Waals surface area contributed by atoms with Crippen LogP contribution in [0.2, 0.25) is 0 Å². The largest absolute Gasteiger partial charge is 0.416 e. The summed E-state index contributed by atoms with van der Waals surface area (Å²) in [5.41, 5.74) is 0.404. The number of anilines is 1. The first-order valence-electron chi connectivity index (χ1n) is 5.41. The van der Waals surface area contributed by atoms with Crippen molar-refractivity contribution in [2.45, 2.75) is 25.9 Å².